The summed E-state index contributed by atoms with van der Waals surface area (Å²) in [6.45, 7) is 1.15. The number of likely N-dealkylation sites (N-methyl/N-ethyl adjacent to an activating group) is 1. The van der Waals surface area contributed by atoms with Gasteiger partial charge < -0.3 is 5.32 Å². The van der Waals surface area contributed by atoms with Gasteiger partial charge in [-0.05, 0) is 37.3 Å². The molecule has 0 fully saturated rings. The third-order valence-electron chi connectivity index (χ3n) is 3.65. The second kappa shape index (κ2) is 7.65. The summed E-state index contributed by atoms with van der Waals surface area (Å²) in [5.74, 6) is -2.34. The normalized spacial score (nSPS) is 12.3. The highest BCUT2D eigenvalue weighted by Gasteiger charge is 2.34. The van der Waals surface area contributed by atoms with E-state index in [2.05, 4.69) is 5.32 Å². The highest BCUT2D eigenvalue weighted by molar-refractivity contribution is 7.89. The molecule has 10 heteroatoms. The van der Waals surface area contributed by atoms with Crippen LogP contribution in [0.1, 0.15) is 11.1 Å². The van der Waals surface area contributed by atoms with E-state index < -0.39 is 40.0 Å². The number of carbonyl (C=O) groups excluding carboxylic acids is 1. The summed E-state index contributed by atoms with van der Waals surface area (Å²) in [5, 5.41) is 2.13. The number of sulfonamides is 1. The van der Waals surface area contributed by atoms with E-state index in [4.69, 9.17) is 0 Å². The van der Waals surface area contributed by atoms with Crippen molar-refractivity contribution < 1.29 is 30.8 Å². The average Bonchev–Trinajstić information content (AvgIpc) is 2.55. The standard InChI is InChI=1S/C17H16F4N2O3S/c1-11-3-6-13(7-4-11)27(25,26)23(2)10-16(24)22-12-5-8-15(18)14(9-12)17(19,20)21/h3-9H,10H2,1-2H3,(H,22,24). The monoisotopic (exact) mass is 404 g/mol. The molecule has 1 amide bonds. The lowest BCUT2D eigenvalue weighted by molar-refractivity contribution is -0.140. The molecule has 1 N–H and O–H groups in total. The van der Waals surface area contributed by atoms with E-state index in [0.29, 0.717) is 12.1 Å². The Kier molecular flexibility index (Phi) is 5.91. The Morgan fingerprint density at radius 3 is 2.26 bits per heavy atom. The summed E-state index contributed by atoms with van der Waals surface area (Å²) < 4.78 is 77.0. The Balaban J connectivity index is 2.12. The first-order valence-electron chi connectivity index (χ1n) is 7.61. The van der Waals surface area contributed by atoms with Crippen LogP contribution in [0.25, 0.3) is 0 Å². The first kappa shape index (κ1) is 20.8. The van der Waals surface area contributed by atoms with Gasteiger partial charge in [0.2, 0.25) is 15.9 Å². The second-order valence-electron chi connectivity index (χ2n) is 5.81. The fraction of sp³-hybridized carbons (Fsp3) is 0.235. The Labute approximate surface area is 153 Å². The molecule has 146 valence electrons. The maximum Gasteiger partial charge on any atom is 0.419 e. The van der Waals surface area contributed by atoms with Crippen molar-refractivity contribution in [1.29, 1.82) is 0 Å². The summed E-state index contributed by atoms with van der Waals surface area (Å²) in [4.78, 5) is 12.0. The number of nitrogens with one attached hydrogen (secondary N) is 1. The number of nitrogens with zero attached hydrogens (tertiary/aromatic N) is 1. The Hall–Kier alpha value is -2.46. The van der Waals surface area contributed by atoms with Crippen molar-refractivity contribution in [3.8, 4) is 0 Å². The second-order valence-corrected chi connectivity index (χ2v) is 7.86. The number of hydrogen-bond acceptors (Lipinski definition) is 3. The van der Waals surface area contributed by atoms with E-state index in [9.17, 15) is 30.8 Å². The Morgan fingerprint density at radius 2 is 1.70 bits per heavy atom. The first-order valence-corrected chi connectivity index (χ1v) is 9.05. The van der Waals surface area contributed by atoms with Gasteiger partial charge in [0.05, 0.1) is 17.0 Å². The minimum Gasteiger partial charge on any atom is -0.325 e. The molecule has 2 aromatic carbocycles. The van der Waals surface area contributed by atoms with E-state index in [-0.39, 0.29) is 10.6 Å². The number of hydrogen-bond donors (Lipinski definition) is 1. The van der Waals surface area contributed by atoms with Gasteiger partial charge in [-0.3, -0.25) is 4.79 Å². The zero-order valence-electron chi connectivity index (χ0n) is 14.3. The quantitative estimate of drug-likeness (QED) is 0.777. The number of carbonyl (C=O) groups is 1. The van der Waals surface area contributed by atoms with Gasteiger partial charge >= 0.3 is 6.18 Å². The lowest BCUT2D eigenvalue weighted by Gasteiger charge is -2.17. The number of amides is 1. The van der Waals surface area contributed by atoms with Crippen molar-refractivity contribution in [3.05, 3.63) is 59.4 Å². The van der Waals surface area contributed by atoms with Gasteiger partial charge in [-0.1, -0.05) is 17.7 Å². The molecule has 0 aliphatic rings. The maximum atomic E-state index is 13.3. The van der Waals surface area contributed by atoms with Crippen molar-refractivity contribution in [3.63, 3.8) is 0 Å². The van der Waals surface area contributed by atoms with Crippen molar-refractivity contribution in [2.24, 2.45) is 0 Å². The minimum absolute atomic E-state index is 0.0236. The SMILES string of the molecule is Cc1ccc(S(=O)(=O)N(C)CC(=O)Nc2ccc(F)c(C(F)(F)F)c2)cc1. The summed E-state index contributed by atoms with van der Waals surface area (Å²) in [6, 6.07) is 7.93. The highest BCUT2D eigenvalue weighted by Crippen LogP contribution is 2.33. The van der Waals surface area contributed by atoms with E-state index in [0.717, 1.165) is 15.9 Å². The van der Waals surface area contributed by atoms with Crippen molar-refractivity contribution in [1.82, 2.24) is 4.31 Å². The zero-order valence-corrected chi connectivity index (χ0v) is 15.2. The summed E-state index contributed by atoms with van der Waals surface area (Å²) in [7, 11) is -2.78. The van der Waals surface area contributed by atoms with Crippen LogP contribution in [-0.2, 0) is 21.0 Å². The predicted octanol–water partition coefficient (Wildman–Crippen LogP) is 3.41. The van der Waals surface area contributed by atoms with Crippen LogP contribution in [-0.4, -0.2) is 32.2 Å². The van der Waals surface area contributed by atoms with Crippen LogP contribution < -0.4 is 5.32 Å². The number of benzene rings is 2. The van der Waals surface area contributed by atoms with Gasteiger partial charge in [0, 0.05) is 12.7 Å². The number of rotatable bonds is 5. The molecule has 0 bridgehead atoms. The largest absolute Gasteiger partial charge is 0.419 e. The average molecular weight is 404 g/mol. The molecule has 0 unspecified atom stereocenters. The molecule has 5 nitrogen and oxygen atoms in total. The molecule has 0 aliphatic carbocycles. The van der Waals surface area contributed by atoms with Crippen LogP contribution in [0, 0.1) is 12.7 Å². The Morgan fingerprint density at radius 1 is 1.11 bits per heavy atom. The van der Waals surface area contributed by atoms with Gasteiger partial charge in [0.15, 0.2) is 0 Å². The van der Waals surface area contributed by atoms with Gasteiger partial charge in [-0.15, -0.1) is 0 Å². The molecular formula is C17H16F4N2O3S. The van der Waals surface area contributed by atoms with Crippen molar-refractivity contribution in [2.75, 3.05) is 18.9 Å². The third-order valence-corrected chi connectivity index (χ3v) is 5.47. The molecule has 0 radical (unpaired) electrons. The number of aryl methyl sites for hydroxylation is 1. The molecule has 0 heterocycles. The molecule has 0 aromatic heterocycles. The molecule has 2 aromatic rings. The maximum absolute atomic E-state index is 13.3. The third kappa shape index (κ3) is 5.04. The van der Waals surface area contributed by atoms with Gasteiger partial charge in [-0.2, -0.15) is 17.5 Å². The van der Waals surface area contributed by atoms with Crippen LogP contribution in [0.15, 0.2) is 47.4 Å². The predicted molar refractivity (Wildman–Crippen MR) is 91.0 cm³/mol. The minimum atomic E-state index is -4.92. The first-order chi connectivity index (χ1) is 12.4. The number of halogens is 4. The zero-order chi connectivity index (χ0) is 20.4. The van der Waals surface area contributed by atoms with E-state index in [1.165, 1.54) is 19.2 Å². The fourth-order valence-electron chi connectivity index (χ4n) is 2.20. The molecule has 0 spiro atoms. The molecule has 0 saturated heterocycles. The van der Waals surface area contributed by atoms with Crippen LogP contribution >= 0.6 is 0 Å². The van der Waals surface area contributed by atoms with Gasteiger partial charge in [-0.25, -0.2) is 12.8 Å². The smallest absolute Gasteiger partial charge is 0.325 e. The van der Waals surface area contributed by atoms with Crippen molar-refractivity contribution in [2.45, 2.75) is 18.0 Å². The van der Waals surface area contributed by atoms with Crippen molar-refractivity contribution >= 4 is 21.6 Å². The van der Waals surface area contributed by atoms with Crippen LogP contribution in [0.3, 0.4) is 0 Å². The molecule has 0 atom stereocenters. The topological polar surface area (TPSA) is 66.5 Å². The van der Waals surface area contributed by atoms with E-state index >= 15 is 0 Å². The molecule has 0 aliphatic heterocycles. The molecule has 27 heavy (non-hydrogen) atoms. The Bertz CT molecular complexity index is 942. The van der Waals surface area contributed by atoms with E-state index in [1.807, 2.05) is 0 Å². The molecular weight excluding hydrogens is 388 g/mol. The van der Waals surface area contributed by atoms with Gasteiger partial charge in [0.1, 0.15) is 5.82 Å². The highest BCUT2D eigenvalue weighted by atomic mass is 32.2. The molecule has 2 rings (SSSR count). The van der Waals surface area contributed by atoms with E-state index in [1.54, 1.807) is 19.1 Å². The van der Waals surface area contributed by atoms with Gasteiger partial charge in [0.25, 0.3) is 0 Å². The summed E-state index contributed by atoms with van der Waals surface area (Å²) >= 11 is 0. The summed E-state index contributed by atoms with van der Waals surface area (Å²) in [6.07, 6.45) is -4.92. The molecule has 0 saturated carbocycles. The summed E-state index contributed by atoms with van der Waals surface area (Å²) in [5.41, 5.74) is -0.970. The lowest BCUT2D eigenvalue weighted by Crippen LogP contribution is -2.35. The number of alkyl halides is 3. The van der Waals surface area contributed by atoms with Crippen LogP contribution in [0.4, 0.5) is 23.2 Å². The van der Waals surface area contributed by atoms with Crippen LogP contribution in [0.5, 0.6) is 0 Å². The number of anilines is 1. The lowest BCUT2D eigenvalue weighted by atomic mass is 10.2. The fourth-order valence-corrected chi connectivity index (χ4v) is 3.33. The van der Waals surface area contributed by atoms with Crippen LogP contribution in [0.2, 0.25) is 0 Å².